The molecule has 0 radical (unpaired) electrons. The summed E-state index contributed by atoms with van der Waals surface area (Å²) in [6, 6.07) is 3.29. The maximum atomic E-state index is 12.7. The lowest BCUT2D eigenvalue weighted by molar-refractivity contribution is -0.136. The van der Waals surface area contributed by atoms with E-state index in [4.69, 9.17) is 0 Å². The number of fused-ring (bicyclic) bond motifs is 1. The number of nitrogens with zero attached hydrogens (tertiary/aromatic N) is 4. The Kier molecular flexibility index (Phi) is 5.11. The zero-order chi connectivity index (χ0) is 17.8. The summed E-state index contributed by atoms with van der Waals surface area (Å²) in [5, 5.41) is 2.93. The lowest BCUT2D eigenvalue weighted by atomic mass is 10.1. The topological polar surface area (TPSA) is 80.1 Å². The quantitative estimate of drug-likeness (QED) is 0.894. The molecule has 3 rings (SSSR count). The van der Waals surface area contributed by atoms with Crippen molar-refractivity contribution in [1.82, 2.24) is 24.8 Å². The minimum Gasteiger partial charge on any atom is -0.350 e. The van der Waals surface area contributed by atoms with Crippen LogP contribution in [-0.2, 0) is 22.7 Å². The van der Waals surface area contributed by atoms with E-state index in [1.165, 1.54) is 0 Å². The van der Waals surface area contributed by atoms with Crippen LogP contribution in [0.15, 0.2) is 37.1 Å². The molecule has 2 amide bonds. The molecule has 1 atom stereocenters. The molecule has 3 heterocycles. The zero-order valence-corrected chi connectivity index (χ0v) is 14.6. The molecule has 2 aromatic heterocycles. The van der Waals surface area contributed by atoms with E-state index >= 15 is 0 Å². The van der Waals surface area contributed by atoms with Gasteiger partial charge in [-0.05, 0) is 17.5 Å². The normalized spacial score (nSPS) is 16.6. The van der Waals surface area contributed by atoms with Gasteiger partial charge in [0.15, 0.2) is 0 Å². The molecule has 132 valence electrons. The van der Waals surface area contributed by atoms with Crippen molar-refractivity contribution in [2.24, 2.45) is 5.92 Å². The molecule has 0 aromatic carbocycles. The van der Waals surface area contributed by atoms with Crippen LogP contribution in [0, 0.1) is 5.92 Å². The summed E-state index contributed by atoms with van der Waals surface area (Å²) in [6.45, 7) is 5.31. The molecular weight excluding hydrogens is 318 g/mol. The Morgan fingerprint density at radius 3 is 2.88 bits per heavy atom. The fourth-order valence-corrected chi connectivity index (χ4v) is 2.98. The Hall–Kier alpha value is -2.70. The van der Waals surface area contributed by atoms with E-state index < -0.39 is 6.04 Å². The van der Waals surface area contributed by atoms with E-state index in [2.05, 4.69) is 15.3 Å². The Bertz CT molecular complexity index is 741. The fraction of sp³-hybridized carbons (Fsp3) is 0.444. The van der Waals surface area contributed by atoms with Crippen molar-refractivity contribution in [2.75, 3.05) is 6.54 Å². The predicted molar refractivity (Wildman–Crippen MR) is 92.2 cm³/mol. The summed E-state index contributed by atoms with van der Waals surface area (Å²) in [5.74, 6) is 0.245. The van der Waals surface area contributed by atoms with E-state index in [9.17, 15) is 9.59 Å². The number of aromatic nitrogens is 3. The average molecular weight is 341 g/mol. The van der Waals surface area contributed by atoms with Crippen molar-refractivity contribution in [3.05, 3.63) is 48.3 Å². The molecule has 0 aliphatic carbocycles. The molecule has 7 heteroatoms. The summed E-state index contributed by atoms with van der Waals surface area (Å²) in [4.78, 5) is 35.1. The van der Waals surface area contributed by atoms with Gasteiger partial charge in [0.05, 0.1) is 25.1 Å². The maximum Gasteiger partial charge on any atom is 0.245 e. The molecule has 25 heavy (non-hydrogen) atoms. The van der Waals surface area contributed by atoms with Gasteiger partial charge < -0.3 is 14.8 Å². The zero-order valence-electron chi connectivity index (χ0n) is 14.6. The first-order chi connectivity index (χ1) is 12.0. The Balaban J connectivity index is 1.71. The van der Waals surface area contributed by atoms with Crippen molar-refractivity contribution >= 4 is 11.8 Å². The summed E-state index contributed by atoms with van der Waals surface area (Å²) < 4.78 is 1.86. The number of hydrogen-bond acceptors (Lipinski definition) is 4. The van der Waals surface area contributed by atoms with Crippen LogP contribution in [-0.4, -0.2) is 37.8 Å². The SMILES string of the molecule is CC(C)CC(=O)N1Cc2cncn2[C@@H](C(=O)NCc2cccnc2)C1. The van der Waals surface area contributed by atoms with Crippen molar-refractivity contribution in [3.63, 3.8) is 0 Å². The third-order valence-electron chi connectivity index (χ3n) is 4.26. The molecule has 0 fully saturated rings. The largest absolute Gasteiger partial charge is 0.350 e. The summed E-state index contributed by atoms with van der Waals surface area (Å²) >= 11 is 0. The van der Waals surface area contributed by atoms with Crippen LogP contribution in [0.5, 0.6) is 0 Å². The van der Waals surface area contributed by atoms with Crippen molar-refractivity contribution in [3.8, 4) is 0 Å². The van der Waals surface area contributed by atoms with E-state index in [0.29, 0.717) is 26.1 Å². The summed E-state index contributed by atoms with van der Waals surface area (Å²) in [7, 11) is 0. The molecule has 1 aliphatic heterocycles. The van der Waals surface area contributed by atoms with Crippen LogP contribution in [0.25, 0.3) is 0 Å². The highest BCUT2D eigenvalue weighted by atomic mass is 16.2. The van der Waals surface area contributed by atoms with Gasteiger partial charge >= 0.3 is 0 Å². The molecule has 0 saturated heterocycles. The van der Waals surface area contributed by atoms with Gasteiger partial charge in [0, 0.05) is 31.6 Å². The Labute approximate surface area is 147 Å². The van der Waals surface area contributed by atoms with Crippen LogP contribution >= 0.6 is 0 Å². The van der Waals surface area contributed by atoms with Gasteiger partial charge in [-0.15, -0.1) is 0 Å². The first kappa shape index (κ1) is 17.1. The number of rotatable bonds is 5. The molecular formula is C18H23N5O2. The smallest absolute Gasteiger partial charge is 0.245 e. The van der Waals surface area contributed by atoms with E-state index in [-0.39, 0.29) is 17.7 Å². The van der Waals surface area contributed by atoms with Gasteiger partial charge in [0.1, 0.15) is 6.04 Å². The minimum atomic E-state index is -0.459. The van der Waals surface area contributed by atoms with Crippen molar-refractivity contribution in [2.45, 2.75) is 39.4 Å². The molecule has 0 bridgehead atoms. The number of imidazole rings is 1. The molecule has 7 nitrogen and oxygen atoms in total. The third kappa shape index (κ3) is 4.04. The molecule has 0 saturated carbocycles. The molecule has 0 unspecified atom stereocenters. The first-order valence-corrected chi connectivity index (χ1v) is 8.49. The van der Waals surface area contributed by atoms with Gasteiger partial charge in [0.2, 0.25) is 11.8 Å². The van der Waals surface area contributed by atoms with Crippen molar-refractivity contribution < 1.29 is 9.59 Å². The maximum absolute atomic E-state index is 12.7. The lowest BCUT2D eigenvalue weighted by Gasteiger charge is -2.34. The van der Waals surface area contributed by atoms with Gasteiger partial charge in [-0.2, -0.15) is 0 Å². The molecule has 0 spiro atoms. The Morgan fingerprint density at radius 1 is 1.32 bits per heavy atom. The van der Waals surface area contributed by atoms with E-state index in [1.54, 1.807) is 29.8 Å². The predicted octanol–water partition coefficient (Wildman–Crippen LogP) is 1.52. The Morgan fingerprint density at radius 2 is 2.16 bits per heavy atom. The average Bonchev–Trinajstić information content (AvgIpc) is 3.07. The fourth-order valence-electron chi connectivity index (χ4n) is 2.98. The highest BCUT2D eigenvalue weighted by molar-refractivity contribution is 5.83. The van der Waals surface area contributed by atoms with Crippen LogP contribution in [0.1, 0.15) is 37.6 Å². The molecule has 1 N–H and O–H groups in total. The number of pyridine rings is 1. The van der Waals surface area contributed by atoms with Gasteiger partial charge in [-0.1, -0.05) is 19.9 Å². The van der Waals surface area contributed by atoms with Crippen molar-refractivity contribution in [1.29, 1.82) is 0 Å². The summed E-state index contributed by atoms with van der Waals surface area (Å²) in [6.07, 6.45) is 7.28. The van der Waals surface area contributed by atoms with Gasteiger partial charge in [-0.25, -0.2) is 4.98 Å². The van der Waals surface area contributed by atoms with Gasteiger partial charge in [-0.3, -0.25) is 14.6 Å². The number of carbonyl (C=O) groups excluding carboxylic acids is 2. The van der Waals surface area contributed by atoms with Crippen LogP contribution in [0.3, 0.4) is 0 Å². The molecule has 1 aliphatic rings. The second-order valence-corrected chi connectivity index (χ2v) is 6.76. The number of hydrogen-bond donors (Lipinski definition) is 1. The second-order valence-electron chi connectivity index (χ2n) is 6.76. The minimum absolute atomic E-state index is 0.0764. The summed E-state index contributed by atoms with van der Waals surface area (Å²) in [5.41, 5.74) is 1.81. The first-order valence-electron chi connectivity index (χ1n) is 8.49. The highest BCUT2D eigenvalue weighted by Gasteiger charge is 2.32. The number of nitrogens with one attached hydrogen (secondary N) is 1. The highest BCUT2D eigenvalue weighted by Crippen LogP contribution is 2.22. The van der Waals surface area contributed by atoms with E-state index in [1.807, 2.05) is 30.5 Å². The standard InChI is InChI=1S/C18H23N5O2/c1-13(2)6-17(24)22-10-15-9-20-12-23(15)16(11-22)18(25)21-8-14-4-3-5-19-7-14/h3-5,7,9,12-13,16H,6,8,10-11H2,1-2H3,(H,21,25)/t16-/m1/s1. The van der Waals surface area contributed by atoms with Crippen LogP contribution in [0.4, 0.5) is 0 Å². The second kappa shape index (κ2) is 7.46. The molecule has 2 aromatic rings. The van der Waals surface area contributed by atoms with Gasteiger partial charge in [0.25, 0.3) is 0 Å². The van der Waals surface area contributed by atoms with E-state index in [0.717, 1.165) is 11.3 Å². The monoisotopic (exact) mass is 341 g/mol. The number of carbonyl (C=O) groups is 2. The lowest BCUT2D eigenvalue weighted by Crippen LogP contribution is -2.46. The number of amides is 2. The van der Waals surface area contributed by atoms with Crippen LogP contribution < -0.4 is 5.32 Å². The third-order valence-corrected chi connectivity index (χ3v) is 4.26. The van der Waals surface area contributed by atoms with Crippen LogP contribution in [0.2, 0.25) is 0 Å².